The fourth-order valence-electron chi connectivity index (χ4n) is 2.35. The van der Waals surface area contributed by atoms with Crippen molar-refractivity contribution in [1.82, 2.24) is 10.4 Å². The number of hydrazine groups is 1. The Labute approximate surface area is 98.6 Å². The van der Waals surface area contributed by atoms with Crippen molar-refractivity contribution in [3.05, 3.63) is 35.9 Å². The molecule has 1 N–H and O–H groups in total. The topological polar surface area (TPSA) is 15.3 Å². The molecule has 2 heteroatoms. The maximum Gasteiger partial charge on any atom is 0.0381 e. The molecule has 1 heterocycles. The summed E-state index contributed by atoms with van der Waals surface area (Å²) in [5, 5.41) is 2.39. The van der Waals surface area contributed by atoms with Gasteiger partial charge in [-0.1, -0.05) is 43.7 Å². The minimum Gasteiger partial charge on any atom is -0.255 e. The summed E-state index contributed by atoms with van der Waals surface area (Å²) in [6.45, 7) is 5.64. The lowest BCUT2D eigenvalue weighted by Gasteiger charge is -2.24. The van der Waals surface area contributed by atoms with E-state index in [1.165, 1.54) is 31.4 Å². The Balaban J connectivity index is 1.93. The fraction of sp³-hybridized carbons (Fsp3) is 0.571. The summed E-state index contributed by atoms with van der Waals surface area (Å²) < 4.78 is 0. The van der Waals surface area contributed by atoms with Crippen molar-refractivity contribution < 1.29 is 0 Å². The Morgan fingerprint density at radius 1 is 1.31 bits per heavy atom. The first-order chi connectivity index (χ1) is 7.88. The van der Waals surface area contributed by atoms with Gasteiger partial charge in [0.1, 0.15) is 0 Å². The van der Waals surface area contributed by atoms with Crippen LogP contribution in [0.1, 0.15) is 31.7 Å². The van der Waals surface area contributed by atoms with Crippen molar-refractivity contribution in [1.29, 1.82) is 0 Å². The Bertz CT molecular complexity index is 297. The molecule has 2 nitrogen and oxygen atoms in total. The zero-order valence-electron chi connectivity index (χ0n) is 10.2. The third-order valence-corrected chi connectivity index (χ3v) is 3.40. The van der Waals surface area contributed by atoms with Crippen LogP contribution >= 0.6 is 0 Å². The molecule has 1 aliphatic rings. The highest BCUT2D eigenvalue weighted by molar-refractivity contribution is 5.14. The predicted octanol–water partition coefficient (Wildman–Crippen LogP) is 2.81. The average Bonchev–Trinajstić information content (AvgIpc) is 2.55. The van der Waals surface area contributed by atoms with E-state index >= 15 is 0 Å². The van der Waals surface area contributed by atoms with Crippen LogP contribution in [0.25, 0.3) is 0 Å². The fourth-order valence-corrected chi connectivity index (χ4v) is 2.35. The smallest absolute Gasteiger partial charge is 0.0381 e. The molecule has 0 spiro atoms. The molecule has 0 aromatic heterocycles. The Morgan fingerprint density at radius 3 is 2.88 bits per heavy atom. The maximum atomic E-state index is 3.53. The Hall–Kier alpha value is -0.860. The van der Waals surface area contributed by atoms with Crippen molar-refractivity contribution in [2.45, 2.75) is 32.7 Å². The number of benzene rings is 1. The second-order valence-corrected chi connectivity index (χ2v) is 4.69. The molecule has 1 fully saturated rings. The summed E-state index contributed by atoms with van der Waals surface area (Å²) in [6.07, 6.45) is 3.98. The lowest BCUT2D eigenvalue weighted by Crippen LogP contribution is -2.38. The van der Waals surface area contributed by atoms with Gasteiger partial charge in [-0.15, -0.1) is 0 Å². The van der Waals surface area contributed by atoms with Gasteiger partial charge in [0, 0.05) is 19.6 Å². The molecule has 1 atom stereocenters. The minimum absolute atomic E-state index is 0.860. The van der Waals surface area contributed by atoms with Crippen LogP contribution in [0.2, 0.25) is 0 Å². The number of nitrogens with zero attached hydrogens (tertiary/aromatic N) is 1. The van der Waals surface area contributed by atoms with Crippen LogP contribution in [-0.2, 0) is 6.54 Å². The molecule has 1 aromatic rings. The molecule has 1 aromatic carbocycles. The lowest BCUT2D eigenvalue weighted by molar-refractivity contribution is 0.167. The van der Waals surface area contributed by atoms with Crippen molar-refractivity contribution >= 4 is 0 Å². The zero-order chi connectivity index (χ0) is 11.2. The van der Waals surface area contributed by atoms with Crippen LogP contribution in [0.5, 0.6) is 0 Å². The number of hydrogen-bond acceptors (Lipinski definition) is 2. The first-order valence-electron chi connectivity index (χ1n) is 6.41. The molecule has 1 aliphatic heterocycles. The Kier molecular flexibility index (Phi) is 4.37. The first-order valence-corrected chi connectivity index (χ1v) is 6.41. The summed E-state index contributed by atoms with van der Waals surface area (Å²) in [6, 6.07) is 10.7. The van der Waals surface area contributed by atoms with Gasteiger partial charge in [0.15, 0.2) is 0 Å². The van der Waals surface area contributed by atoms with Gasteiger partial charge in [-0.25, -0.2) is 5.01 Å². The van der Waals surface area contributed by atoms with E-state index in [4.69, 9.17) is 0 Å². The van der Waals surface area contributed by atoms with Gasteiger partial charge in [0.05, 0.1) is 0 Å². The largest absolute Gasteiger partial charge is 0.255 e. The highest BCUT2D eigenvalue weighted by Crippen LogP contribution is 2.16. The molecule has 0 amide bonds. The second-order valence-electron chi connectivity index (χ2n) is 4.69. The van der Waals surface area contributed by atoms with Gasteiger partial charge in [0.25, 0.3) is 0 Å². The molecule has 0 bridgehead atoms. The van der Waals surface area contributed by atoms with E-state index in [-0.39, 0.29) is 0 Å². The lowest BCUT2D eigenvalue weighted by atomic mass is 10.0. The zero-order valence-corrected chi connectivity index (χ0v) is 10.2. The highest BCUT2D eigenvalue weighted by Gasteiger charge is 2.16. The van der Waals surface area contributed by atoms with Crippen molar-refractivity contribution in [2.24, 2.45) is 5.92 Å². The molecule has 1 unspecified atom stereocenters. The molecular weight excluding hydrogens is 196 g/mol. The van der Waals surface area contributed by atoms with E-state index in [1.807, 2.05) is 0 Å². The molecule has 0 saturated carbocycles. The second kappa shape index (κ2) is 6.02. The third kappa shape index (κ3) is 3.32. The SMILES string of the molecule is CCC1CCCNN(Cc2ccccc2)C1. The number of rotatable bonds is 3. The van der Waals surface area contributed by atoms with Crippen LogP contribution in [0.4, 0.5) is 0 Å². The van der Waals surface area contributed by atoms with Gasteiger partial charge in [-0.2, -0.15) is 0 Å². The van der Waals surface area contributed by atoms with E-state index in [2.05, 4.69) is 47.7 Å². The normalized spacial score (nSPS) is 22.9. The predicted molar refractivity (Wildman–Crippen MR) is 67.9 cm³/mol. The monoisotopic (exact) mass is 218 g/mol. The molecule has 0 aliphatic carbocycles. The molecular formula is C14H22N2. The standard InChI is InChI=1S/C14H22N2/c1-2-13-9-6-10-15-16(11-13)12-14-7-4-3-5-8-14/h3-5,7-8,13,15H,2,6,9-12H2,1H3. The van der Waals surface area contributed by atoms with Gasteiger partial charge >= 0.3 is 0 Å². The summed E-state index contributed by atoms with van der Waals surface area (Å²) in [5.41, 5.74) is 4.92. The van der Waals surface area contributed by atoms with E-state index < -0.39 is 0 Å². The molecule has 2 rings (SSSR count). The highest BCUT2D eigenvalue weighted by atomic mass is 15.5. The van der Waals surface area contributed by atoms with Crippen LogP contribution in [0, 0.1) is 5.92 Å². The van der Waals surface area contributed by atoms with E-state index in [0.29, 0.717) is 0 Å². The molecule has 16 heavy (non-hydrogen) atoms. The van der Waals surface area contributed by atoms with Crippen molar-refractivity contribution in [3.8, 4) is 0 Å². The number of hydrogen-bond donors (Lipinski definition) is 1. The van der Waals surface area contributed by atoms with Crippen LogP contribution in [0.3, 0.4) is 0 Å². The average molecular weight is 218 g/mol. The maximum absolute atomic E-state index is 3.53. The molecule has 0 radical (unpaired) electrons. The first kappa shape index (κ1) is 11.6. The number of nitrogens with one attached hydrogen (secondary N) is 1. The van der Waals surface area contributed by atoms with Crippen LogP contribution < -0.4 is 5.43 Å². The summed E-state index contributed by atoms with van der Waals surface area (Å²) >= 11 is 0. The van der Waals surface area contributed by atoms with Gasteiger partial charge < -0.3 is 0 Å². The summed E-state index contributed by atoms with van der Waals surface area (Å²) in [7, 11) is 0. The third-order valence-electron chi connectivity index (χ3n) is 3.40. The van der Waals surface area contributed by atoms with Crippen molar-refractivity contribution in [2.75, 3.05) is 13.1 Å². The van der Waals surface area contributed by atoms with E-state index in [9.17, 15) is 0 Å². The van der Waals surface area contributed by atoms with Crippen molar-refractivity contribution in [3.63, 3.8) is 0 Å². The van der Waals surface area contributed by atoms with Crippen LogP contribution in [0.15, 0.2) is 30.3 Å². The van der Waals surface area contributed by atoms with Gasteiger partial charge in [0.2, 0.25) is 0 Å². The van der Waals surface area contributed by atoms with E-state index in [0.717, 1.165) is 19.0 Å². The summed E-state index contributed by atoms with van der Waals surface area (Å²) in [4.78, 5) is 0. The Morgan fingerprint density at radius 2 is 2.12 bits per heavy atom. The van der Waals surface area contributed by atoms with Gasteiger partial charge in [-0.05, 0) is 24.3 Å². The van der Waals surface area contributed by atoms with Gasteiger partial charge in [-0.3, -0.25) is 5.43 Å². The van der Waals surface area contributed by atoms with E-state index in [1.54, 1.807) is 0 Å². The quantitative estimate of drug-likeness (QED) is 0.839. The molecule has 88 valence electrons. The minimum atomic E-state index is 0.860. The molecule has 1 saturated heterocycles. The summed E-state index contributed by atoms with van der Waals surface area (Å²) in [5.74, 6) is 0.860. The van der Waals surface area contributed by atoms with Crippen LogP contribution in [-0.4, -0.2) is 18.1 Å².